The quantitative estimate of drug-likeness (QED) is 0.509. The van der Waals surface area contributed by atoms with Crippen molar-refractivity contribution in [1.29, 1.82) is 0 Å². The van der Waals surface area contributed by atoms with Gasteiger partial charge in [0.05, 0.1) is 24.9 Å². The summed E-state index contributed by atoms with van der Waals surface area (Å²) in [5.41, 5.74) is 3.40. The highest BCUT2D eigenvalue weighted by atomic mass is 35.5. The van der Waals surface area contributed by atoms with Crippen LogP contribution in [0.3, 0.4) is 0 Å². The molecule has 2 aliphatic carbocycles. The minimum Gasteiger partial charge on any atom is -0.396 e. The Kier molecular flexibility index (Phi) is 6.97. The van der Waals surface area contributed by atoms with E-state index in [-0.39, 0.29) is 5.92 Å². The minimum absolute atomic E-state index is 0.256. The Hall–Kier alpha value is -1.21. The number of hydrogen-bond acceptors (Lipinski definition) is 5. The van der Waals surface area contributed by atoms with Crippen LogP contribution in [0.1, 0.15) is 24.5 Å². The second-order valence-corrected chi connectivity index (χ2v) is 8.32. The molecule has 1 fully saturated rings. The van der Waals surface area contributed by atoms with Crippen LogP contribution >= 0.6 is 11.6 Å². The molecule has 0 saturated heterocycles. The molecule has 1 unspecified atom stereocenters. The zero-order valence-corrected chi connectivity index (χ0v) is 16.7. The van der Waals surface area contributed by atoms with E-state index in [4.69, 9.17) is 11.6 Å². The lowest BCUT2D eigenvalue weighted by Gasteiger charge is -2.46. The molecule has 28 heavy (non-hydrogen) atoms. The second kappa shape index (κ2) is 9.08. The van der Waals surface area contributed by atoms with Crippen molar-refractivity contribution in [3.05, 3.63) is 58.1 Å². The molecule has 0 heterocycles. The molecule has 7 atom stereocenters. The lowest BCUT2D eigenvalue weighted by atomic mass is 9.66. The van der Waals surface area contributed by atoms with E-state index in [1.165, 1.54) is 5.56 Å². The van der Waals surface area contributed by atoms with Gasteiger partial charge < -0.3 is 25.5 Å². The third-order valence-corrected chi connectivity index (χ3v) is 6.62. The van der Waals surface area contributed by atoms with Crippen LogP contribution in [0.15, 0.2) is 47.0 Å². The van der Waals surface area contributed by atoms with Crippen LogP contribution in [-0.2, 0) is 12.8 Å². The largest absolute Gasteiger partial charge is 0.396 e. The van der Waals surface area contributed by atoms with Crippen molar-refractivity contribution in [1.82, 2.24) is 0 Å². The summed E-state index contributed by atoms with van der Waals surface area (Å²) in [5.74, 6) is -1.86. The number of hydrogen-bond donors (Lipinski definition) is 5. The lowest BCUT2D eigenvalue weighted by Crippen LogP contribution is -2.60. The van der Waals surface area contributed by atoms with E-state index in [9.17, 15) is 25.5 Å². The van der Waals surface area contributed by atoms with Gasteiger partial charge in [-0.3, -0.25) is 0 Å². The zero-order chi connectivity index (χ0) is 20.4. The number of halogens is 1. The Morgan fingerprint density at radius 3 is 2.18 bits per heavy atom. The van der Waals surface area contributed by atoms with Gasteiger partial charge in [0.15, 0.2) is 0 Å². The maximum absolute atomic E-state index is 10.7. The van der Waals surface area contributed by atoms with Gasteiger partial charge in [0.2, 0.25) is 0 Å². The SMILES string of the molecule is CCc1ccc(CC2=C(Cl)C=CC([C@H]3[C@H](O)[C@@H](O)[C@H](O)[C@@H](CO)[C@@H]3O)C2)cc1. The van der Waals surface area contributed by atoms with E-state index in [2.05, 4.69) is 31.2 Å². The molecular formula is C22H29ClO5. The first kappa shape index (κ1) is 21.5. The van der Waals surface area contributed by atoms with Gasteiger partial charge in [0.1, 0.15) is 6.10 Å². The number of benzene rings is 1. The molecular weight excluding hydrogens is 380 g/mol. The first-order valence-corrected chi connectivity index (χ1v) is 10.2. The maximum atomic E-state index is 10.7. The Morgan fingerprint density at radius 2 is 1.57 bits per heavy atom. The van der Waals surface area contributed by atoms with Crippen LogP contribution in [0.2, 0.25) is 0 Å². The molecule has 1 aromatic rings. The van der Waals surface area contributed by atoms with Crippen molar-refractivity contribution in [3.8, 4) is 0 Å². The molecule has 0 amide bonds. The molecule has 5 N–H and O–H groups in total. The van der Waals surface area contributed by atoms with Gasteiger partial charge >= 0.3 is 0 Å². The van der Waals surface area contributed by atoms with E-state index < -0.39 is 42.9 Å². The molecule has 2 aliphatic rings. The van der Waals surface area contributed by atoms with E-state index >= 15 is 0 Å². The topological polar surface area (TPSA) is 101 Å². The molecule has 0 aliphatic heterocycles. The summed E-state index contributed by atoms with van der Waals surface area (Å²) < 4.78 is 0. The van der Waals surface area contributed by atoms with Gasteiger partial charge in [-0.25, -0.2) is 0 Å². The molecule has 1 aromatic carbocycles. The predicted molar refractivity (Wildman–Crippen MR) is 108 cm³/mol. The zero-order valence-electron chi connectivity index (χ0n) is 15.9. The lowest BCUT2D eigenvalue weighted by molar-refractivity contribution is -0.195. The average Bonchev–Trinajstić information content (AvgIpc) is 2.70. The fourth-order valence-corrected chi connectivity index (χ4v) is 4.65. The molecule has 6 heteroatoms. The first-order valence-electron chi connectivity index (χ1n) is 9.84. The Bertz CT molecular complexity index is 729. The molecule has 5 nitrogen and oxygen atoms in total. The summed E-state index contributed by atoms with van der Waals surface area (Å²) in [5, 5.41) is 51.6. The number of aryl methyl sites for hydroxylation is 1. The molecule has 0 aromatic heterocycles. The molecule has 3 rings (SSSR count). The summed E-state index contributed by atoms with van der Waals surface area (Å²) in [7, 11) is 0. The molecule has 0 bridgehead atoms. The normalized spacial score (nSPS) is 36.0. The van der Waals surface area contributed by atoms with E-state index in [1.807, 2.05) is 6.08 Å². The monoisotopic (exact) mass is 408 g/mol. The molecule has 0 radical (unpaired) electrons. The number of aliphatic hydroxyl groups excluding tert-OH is 5. The highest BCUT2D eigenvalue weighted by Gasteiger charge is 2.50. The van der Waals surface area contributed by atoms with E-state index in [0.29, 0.717) is 17.9 Å². The van der Waals surface area contributed by atoms with Crippen molar-refractivity contribution >= 4 is 11.6 Å². The van der Waals surface area contributed by atoms with E-state index in [1.54, 1.807) is 6.08 Å². The van der Waals surface area contributed by atoms with Gasteiger partial charge in [-0.05, 0) is 48.0 Å². The van der Waals surface area contributed by atoms with Crippen LogP contribution in [0, 0.1) is 17.8 Å². The summed E-state index contributed by atoms with van der Waals surface area (Å²) in [6.45, 7) is 1.64. The minimum atomic E-state index is -1.41. The van der Waals surface area contributed by atoms with Crippen LogP contribution < -0.4 is 0 Å². The van der Waals surface area contributed by atoms with Crippen LogP contribution in [0.4, 0.5) is 0 Å². The molecule has 0 spiro atoms. The number of aliphatic hydroxyl groups is 5. The van der Waals surface area contributed by atoms with Crippen LogP contribution in [0.5, 0.6) is 0 Å². The standard InChI is InChI=1S/C22H29ClO5/c1-2-12-3-5-13(6-4-12)9-15-10-14(7-8-17(15)23)18-19(25)16(11-24)20(26)22(28)21(18)27/h3-8,14,16,18-22,24-28H,2,9-11H2,1H3/t14?,16-,18+,19-,20+,21-,22-/m0/s1. The predicted octanol–water partition coefficient (Wildman–Crippen LogP) is 1.54. The van der Waals surface area contributed by atoms with E-state index in [0.717, 1.165) is 17.6 Å². The van der Waals surface area contributed by atoms with Crippen molar-refractivity contribution in [3.63, 3.8) is 0 Å². The third-order valence-electron chi connectivity index (χ3n) is 6.23. The van der Waals surface area contributed by atoms with Gasteiger partial charge in [0, 0.05) is 16.9 Å². The van der Waals surface area contributed by atoms with Crippen LogP contribution in [-0.4, -0.2) is 56.6 Å². The van der Waals surface area contributed by atoms with Crippen molar-refractivity contribution in [2.45, 2.75) is 50.6 Å². The van der Waals surface area contributed by atoms with Crippen LogP contribution in [0.25, 0.3) is 0 Å². The summed E-state index contributed by atoms with van der Waals surface area (Å²) in [6, 6.07) is 8.35. The fourth-order valence-electron chi connectivity index (χ4n) is 4.43. The first-order chi connectivity index (χ1) is 13.4. The highest BCUT2D eigenvalue weighted by Crippen LogP contribution is 2.41. The molecule has 154 valence electrons. The van der Waals surface area contributed by atoms with Gasteiger partial charge in [-0.2, -0.15) is 0 Å². The number of rotatable bonds is 5. The summed E-state index contributed by atoms with van der Waals surface area (Å²) >= 11 is 6.41. The number of allylic oxidation sites excluding steroid dienone is 4. The Balaban J connectivity index is 1.78. The smallest absolute Gasteiger partial charge is 0.107 e. The maximum Gasteiger partial charge on any atom is 0.107 e. The van der Waals surface area contributed by atoms with Crippen molar-refractivity contribution in [2.24, 2.45) is 17.8 Å². The average molecular weight is 409 g/mol. The Labute approximate surface area is 170 Å². The van der Waals surface area contributed by atoms with Gasteiger partial charge in [0.25, 0.3) is 0 Å². The molecule has 1 saturated carbocycles. The third kappa shape index (κ3) is 4.20. The summed E-state index contributed by atoms with van der Waals surface area (Å²) in [6.07, 6.45) is 0.589. The summed E-state index contributed by atoms with van der Waals surface area (Å²) in [4.78, 5) is 0. The van der Waals surface area contributed by atoms with Crippen molar-refractivity contribution < 1.29 is 25.5 Å². The highest BCUT2D eigenvalue weighted by molar-refractivity contribution is 6.31. The Morgan fingerprint density at radius 1 is 0.929 bits per heavy atom. The van der Waals surface area contributed by atoms with Crippen molar-refractivity contribution in [2.75, 3.05) is 6.61 Å². The van der Waals surface area contributed by atoms with Gasteiger partial charge in [-0.1, -0.05) is 48.9 Å². The fraction of sp³-hybridized carbons (Fsp3) is 0.545. The second-order valence-electron chi connectivity index (χ2n) is 7.91. The van der Waals surface area contributed by atoms with Gasteiger partial charge in [-0.15, -0.1) is 0 Å².